The Labute approximate surface area is 126 Å². The molecule has 0 saturated carbocycles. The van der Waals surface area contributed by atoms with Gasteiger partial charge < -0.3 is 5.32 Å². The van der Waals surface area contributed by atoms with Gasteiger partial charge in [-0.25, -0.2) is 4.98 Å². The molecule has 0 amide bonds. The van der Waals surface area contributed by atoms with Crippen molar-refractivity contribution >= 4 is 33.4 Å². The summed E-state index contributed by atoms with van der Waals surface area (Å²) >= 11 is 5.35. The number of aryl methyl sites for hydroxylation is 1. The van der Waals surface area contributed by atoms with Crippen LogP contribution in [0.4, 0.5) is 5.69 Å². The Morgan fingerprint density at radius 2 is 2.11 bits per heavy atom. The van der Waals surface area contributed by atoms with Gasteiger partial charge in [-0.15, -0.1) is 11.8 Å². The number of pyridine rings is 1. The maximum Gasteiger partial charge on any atom is 0.106 e. The number of hydrogen-bond donors (Lipinski definition) is 1. The summed E-state index contributed by atoms with van der Waals surface area (Å²) in [6.45, 7) is 2.04. The van der Waals surface area contributed by atoms with E-state index in [1.165, 1.54) is 10.5 Å². The second-order valence-electron chi connectivity index (χ2n) is 4.64. The lowest BCUT2D eigenvalue weighted by atomic mass is 10.0. The third kappa shape index (κ3) is 2.79. The van der Waals surface area contributed by atoms with Crippen LogP contribution >= 0.6 is 27.7 Å². The molecule has 3 rings (SSSR count). The molecule has 0 spiro atoms. The number of halogens is 1. The van der Waals surface area contributed by atoms with Crippen molar-refractivity contribution in [3.8, 4) is 0 Å². The topological polar surface area (TPSA) is 24.9 Å². The first-order chi connectivity index (χ1) is 9.24. The molecule has 0 saturated heterocycles. The molecule has 1 aromatic heterocycles. The van der Waals surface area contributed by atoms with E-state index in [2.05, 4.69) is 56.6 Å². The summed E-state index contributed by atoms with van der Waals surface area (Å²) in [4.78, 5) is 5.84. The normalized spacial score (nSPS) is 17.9. The molecule has 1 unspecified atom stereocenters. The monoisotopic (exact) mass is 334 g/mol. The lowest BCUT2D eigenvalue weighted by Crippen LogP contribution is -2.16. The highest BCUT2D eigenvalue weighted by atomic mass is 79.9. The van der Waals surface area contributed by atoms with Gasteiger partial charge in [-0.05, 0) is 53.0 Å². The van der Waals surface area contributed by atoms with Gasteiger partial charge >= 0.3 is 0 Å². The van der Waals surface area contributed by atoms with E-state index in [0.717, 1.165) is 28.2 Å². The molecule has 4 heteroatoms. The maximum atomic E-state index is 4.44. The van der Waals surface area contributed by atoms with Crippen LogP contribution in [0.5, 0.6) is 0 Å². The molecule has 1 aromatic carbocycles. The number of thioether (sulfide) groups is 1. The Bertz CT molecular complexity index is 600. The lowest BCUT2D eigenvalue weighted by Gasteiger charge is -2.27. The van der Waals surface area contributed by atoms with Gasteiger partial charge in [-0.3, -0.25) is 0 Å². The van der Waals surface area contributed by atoms with Crippen molar-refractivity contribution in [3.63, 3.8) is 0 Å². The summed E-state index contributed by atoms with van der Waals surface area (Å²) in [5, 5.41) is 3.64. The molecule has 0 fully saturated rings. The van der Waals surface area contributed by atoms with E-state index < -0.39 is 0 Å². The number of rotatable bonds is 2. The lowest BCUT2D eigenvalue weighted by molar-refractivity contribution is 0.726. The molecule has 0 bridgehead atoms. The van der Waals surface area contributed by atoms with E-state index in [4.69, 9.17) is 0 Å². The molecule has 1 aliphatic heterocycles. The van der Waals surface area contributed by atoms with Crippen LogP contribution in [0, 0.1) is 6.92 Å². The molecule has 0 aliphatic carbocycles. The van der Waals surface area contributed by atoms with Gasteiger partial charge in [-0.2, -0.15) is 0 Å². The first kappa shape index (κ1) is 13.0. The van der Waals surface area contributed by atoms with E-state index in [0.29, 0.717) is 6.04 Å². The molecule has 0 radical (unpaired) electrons. The number of benzene rings is 1. The average molecular weight is 335 g/mol. The summed E-state index contributed by atoms with van der Waals surface area (Å²) in [7, 11) is 0. The summed E-state index contributed by atoms with van der Waals surface area (Å²) in [6.07, 6.45) is 1.15. The van der Waals surface area contributed by atoms with Crippen LogP contribution in [-0.2, 0) is 0 Å². The molecule has 19 heavy (non-hydrogen) atoms. The summed E-state index contributed by atoms with van der Waals surface area (Å²) in [5.74, 6) is 1.16. The fraction of sp³-hybridized carbons (Fsp3) is 0.267. The Kier molecular flexibility index (Phi) is 3.80. The van der Waals surface area contributed by atoms with Gasteiger partial charge in [0, 0.05) is 10.6 Å². The zero-order valence-corrected chi connectivity index (χ0v) is 13.1. The van der Waals surface area contributed by atoms with Crippen LogP contribution in [0.2, 0.25) is 0 Å². The Morgan fingerprint density at radius 1 is 1.26 bits per heavy atom. The number of hydrogen-bond acceptors (Lipinski definition) is 3. The number of nitrogens with zero attached hydrogens (tertiary/aromatic N) is 1. The minimum absolute atomic E-state index is 0.388. The molecular formula is C15H15BrN2S. The third-order valence-electron chi connectivity index (χ3n) is 3.34. The van der Waals surface area contributed by atoms with E-state index in [1.54, 1.807) is 0 Å². The minimum atomic E-state index is 0.388. The van der Waals surface area contributed by atoms with E-state index in [9.17, 15) is 0 Å². The molecule has 2 nitrogen and oxygen atoms in total. The van der Waals surface area contributed by atoms with Crippen LogP contribution in [-0.4, -0.2) is 10.7 Å². The van der Waals surface area contributed by atoms with Gasteiger partial charge in [0.05, 0.1) is 17.4 Å². The predicted octanol–water partition coefficient (Wildman–Crippen LogP) is 4.80. The third-order valence-corrected chi connectivity index (χ3v) is 4.90. The zero-order chi connectivity index (χ0) is 13.2. The van der Waals surface area contributed by atoms with Crippen molar-refractivity contribution in [3.05, 3.63) is 52.3 Å². The first-order valence-electron chi connectivity index (χ1n) is 6.35. The van der Waals surface area contributed by atoms with Crippen molar-refractivity contribution < 1.29 is 0 Å². The predicted molar refractivity (Wildman–Crippen MR) is 84.8 cm³/mol. The summed E-state index contributed by atoms with van der Waals surface area (Å²) in [5.41, 5.74) is 3.56. The number of fused-ring (bicyclic) bond motifs is 1. The number of nitrogens with one attached hydrogen (secondary N) is 1. The Balaban J connectivity index is 1.88. The summed E-state index contributed by atoms with van der Waals surface area (Å²) in [6, 6.07) is 13.1. The molecule has 1 atom stereocenters. The maximum absolute atomic E-state index is 4.44. The Hall–Kier alpha value is -1.00. The van der Waals surface area contributed by atoms with Gasteiger partial charge in [0.15, 0.2) is 0 Å². The highest BCUT2D eigenvalue weighted by molar-refractivity contribution is 9.10. The molecule has 2 aromatic rings. The highest BCUT2D eigenvalue weighted by Crippen LogP contribution is 2.38. The fourth-order valence-corrected chi connectivity index (χ4v) is 3.89. The largest absolute Gasteiger partial charge is 0.377 e. The van der Waals surface area contributed by atoms with E-state index in [1.807, 2.05) is 24.8 Å². The van der Waals surface area contributed by atoms with Gasteiger partial charge in [-0.1, -0.05) is 18.2 Å². The van der Waals surface area contributed by atoms with Gasteiger partial charge in [0.2, 0.25) is 0 Å². The van der Waals surface area contributed by atoms with Crippen LogP contribution in [0.1, 0.15) is 23.7 Å². The fourth-order valence-electron chi connectivity index (χ4n) is 2.36. The number of anilines is 1. The highest BCUT2D eigenvalue weighted by Gasteiger charge is 2.20. The smallest absolute Gasteiger partial charge is 0.106 e. The SMILES string of the molecule is Cc1nc(Br)ccc1NC1CCSc2ccccc21. The quantitative estimate of drug-likeness (QED) is 0.798. The van der Waals surface area contributed by atoms with Crippen molar-refractivity contribution in [2.24, 2.45) is 0 Å². The van der Waals surface area contributed by atoms with Crippen LogP contribution < -0.4 is 5.32 Å². The van der Waals surface area contributed by atoms with Crippen LogP contribution in [0.25, 0.3) is 0 Å². The van der Waals surface area contributed by atoms with Crippen molar-refractivity contribution in [1.82, 2.24) is 4.98 Å². The van der Waals surface area contributed by atoms with E-state index >= 15 is 0 Å². The number of aromatic nitrogens is 1. The van der Waals surface area contributed by atoms with Crippen LogP contribution in [0.3, 0.4) is 0 Å². The van der Waals surface area contributed by atoms with Gasteiger partial charge in [0.1, 0.15) is 4.60 Å². The molecular weight excluding hydrogens is 320 g/mol. The van der Waals surface area contributed by atoms with Crippen LogP contribution in [0.15, 0.2) is 45.9 Å². The first-order valence-corrected chi connectivity index (χ1v) is 8.13. The summed E-state index contributed by atoms with van der Waals surface area (Å²) < 4.78 is 0.884. The zero-order valence-electron chi connectivity index (χ0n) is 10.7. The molecule has 1 N–H and O–H groups in total. The van der Waals surface area contributed by atoms with Crippen molar-refractivity contribution in [1.29, 1.82) is 0 Å². The Morgan fingerprint density at radius 3 is 2.95 bits per heavy atom. The minimum Gasteiger partial charge on any atom is -0.377 e. The van der Waals surface area contributed by atoms with E-state index in [-0.39, 0.29) is 0 Å². The second kappa shape index (κ2) is 5.55. The average Bonchev–Trinajstić information content (AvgIpc) is 2.42. The molecule has 98 valence electrons. The second-order valence-corrected chi connectivity index (χ2v) is 6.59. The molecule has 2 heterocycles. The standard InChI is InChI=1S/C15H15BrN2S/c1-10-12(6-7-15(16)17-10)18-13-8-9-19-14-5-3-2-4-11(13)14/h2-7,13,18H,8-9H2,1H3. The van der Waals surface area contributed by atoms with Gasteiger partial charge in [0.25, 0.3) is 0 Å². The molecule has 1 aliphatic rings. The van der Waals surface area contributed by atoms with Crippen molar-refractivity contribution in [2.45, 2.75) is 24.3 Å². The van der Waals surface area contributed by atoms with Crippen molar-refractivity contribution in [2.75, 3.05) is 11.1 Å².